The first-order valence-electron chi connectivity index (χ1n) is 5.60. The van der Waals surface area contributed by atoms with Gasteiger partial charge in [0.15, 0.2) is 11.5 Å². The van der Waals surface area contributed by atoms with Crippen LogP contribution in [0.5, 0.6) is 0 Å². The van der Waals surface area contributed by atoms with Gasteiger partial charge in [-0.2, -0.15) is 0 Å². The van der Waals surface area contributed by atoms with Gasteiger partial charge in [0.1, 0.15) is 6.61 Å². The van der Waals surface area contributed by atoms with Crippen molar-refractivity contribution in [3.63, 3.8) is 0 Å². The maximum atomic E-state index is 11.1. The second kappa shape index (κ2) is 6.48. The van der Waals surface area contributed by atoms with Crippen molar-refractivity contribution in [3.8, 4) is 0 Å². The van der Waals surface area contributed by atoms with E-state index in [0.29, 0.717) is 19.0 Å². The monoisotopic (exact) mass is 257 g/mol. The molecular formula is C11H19N3O4. The Balaban J connectivity index is 2.24. The first-order valence-corrected chi connectivity index (χ1v) is 5.60. The highest BCUT2D eigenvalue weighted by Gasteiger charge is 2.12. The molecule has 0 aromatic carbocycles. The third-order valence-electron chi connectivity index (χ3n) is 1.93. The van der Waals surface area contributed by atoms with Gasteiger partial charge in [0.2, 0.25) is 0 Å². The van der Waals surface area contributed by atoms with Gasteiger partial charge in [-0.3, -0.25) is 10.2 Å². The van der Waals surface area contributed by atoms with Crippen LogP contribution in [0.4, 0.5) is 0 Å². The minimum atomic E-state index is -0.499. The largest absolute Gasteiger partial charge is 0.373 e. The zero-order chi connectivity index (χ0) is 13.6. The first kappa shape index (κ1) is 14.6. The Morgan fingerprint density at radius 1 is 1.50 bits per heavy atom. The summed E-state index contributed by atoms with van der Waals surface area (Å²) in [4.78, 5) is 11.1. The summed E-state index contributed by atoms with van der Waals surface area (Å²) in [6.07, 6.45) is 0. The Bertz CT molecular complexity index is 384. The van der Waals surface area contributed by atoms with E-state index in [-0.39, 0.29) is 17.9 Å². The maximum Gasteiger partial charge on any atom is 0.287 e. The molecule has 0 bridgehead atoms. The number of carbonyl (C=O) groups excluding carboxylic acids is 1. The lowest BCUT2D eigenvalue weighted by Crippen LogP contribution is -2.30. The van der Waals surface area contributed by atoms with Crippen LogP contribution in [0.25, 0.3) is 0 Å². The van der Waals surface area contributed by atoms with E-state index in [2.05, 4.69) is 5.16 Å². The molecule has 0 radical (unpaired) electrons. The van der Waals surface area contributed by atoms with Gasteiger partial charge in [0, 0.05) is 6.07 Å². The van der Waals surface area contributed by atoms with E-state index in [1.807, 2.05) is 26.2 Å². The lowest BCUT2D eigenvalue weighted by Gasteiger charge is -2.19. The minimum absolute atomic E-state index is 0.127. The molecule has 7 heteroatoms. The van der Waals surface area contributed by atoms with Crippen LogP contribution in [0.15, 0.2) is 10.6 Å². The molecular weight excluding hydrogens is 238 g/mol. The van der Waals surface area contributed by atoms with Crippen LogP contribution >= 0.6 is 0 Å². The Kier molecular flexibility index (Phi) is 5.26. The molecule has 0 saturated heterocycles. The quantitative estimate of drug-likeness (QED) is 0.335. The molecule has 0 spiro atoms. The molecule has 102 valence electrons. The van der Waals surface area contributed by atoms with Gasteiger partial charge in [-0.05, 0) is 20.8 Å². The number of hydrazine groups is 1. The Labute approximate surface area is 106 Å². The molecule has 18 heavy (non-hydrogen) atoms. The normalized spacial score (nSPS) is 11.6. The van der Waals surface area contributed by atoms with Crippen molar-refractivity contribution in [2.45, 2.75) is 33.0 Å². The highest BCUT2D eigenvalue weighted by atomic mass is 16.5. The summed E-state index contributed by atoms with van der Waals surface area (Å²) in [6.45, 7) is 7.09. The molecule has 0 unspecified atom stereocenters. The lowest BCUT2D eigenvalue weighted by atomic mass is 10.2. The molecule has 0 fully saturated rings. The highest BCUT2D eigenvalue weighted by molar-refractivity contribution is 5.91. The van der Waals surface area contributed by atoms with E-state index in [1.165, 1.54) is 6.07 Å². The van der Waals surface area contributed by atoms with Gasteiger partial charge in [0.25, 0.3) is 5.91 Å². The van der Waals surface area contributed by atoms with Crippen molar-refractivity contribution in [2.75, 3.05) is 13.2 Å². The van der Waals surface area contributed by atoms with Gasteiger partial charge >= 0.3 is 0 Å². The fourth-order valence-corrected chi connectivity index (χ4v) is 1.14. The van der Waals surface area contributed by atoms with E-state index in [4.69, 9.17) is 19.8 Å². The summed E-state index contributed by atoms with van der Waals surface area (Å²) < 4.78 is 15.7. The van der Waals surface area contributed by atoms with E-state index in [9.17, 15) is 4.79 Å². The zero-order valence-electron chi connectivity index (χ0n) is 10.9. The number of carbonyl (C=O) groups is 1. The Morgan fingerprint density at radius 3 is 2.83 bits per heavy atom. The van der Waals surface area contributed by atoms with Gasteiger partial charge in [-0.25, -0.2) is 5.84 Å². The number of amides is 1. The second-order valence-corrected chi connectivity index (χ2v) is 4.67. The van der Waals surface area contributed by atoms with Crippen LogP contribution in [0, 0.1) is 0 Å². The molecule has 1 aromatic heterocycles. The third kappa shape index (κ3) is 5.26. The number of ether oxygens (including phenoxy) is 2. The van der Waals surface area contributed by atoms with Crippen molar-refractivity contribution in [3.05, 3.63) is 17.5 Å². The molecule has 1 rings (SSSR count). The van der Waals surface area contributed by atoms with E-state index in [1.54, 1.807) is 0 Å². The summed E-state index contributed by atoms with van der Waals surface area (Å²) in [5.41, 5.74) is 1.91. The third-order valence-corrected chi connectivity index (χ3v) is 1.93. The average molecular weight is 257 g/mol. The van der Waals surface area contributed by atoms with Crippen molar-refractivity contribution in [1.82, 2.24) is 10.6 Å². The standard InChI is InChI=1S/C11H19N3O4/c1-11(2,3)17-5-4-16-7-8-6-9(14-18-8)10(15)13-12/h6H,4-5,7,12H2,1-3H3,(H,13,15). The van der Waals surface area contributed by atoms with Crippen LogP contribution in [0.1, 0.15) is 37.0 Å². The van der Waals surface area contributed by atoms with E-state index >= 15 is 0 Å². The van der Waals surface area contributed by atoms with Gasteiger partial charge < -0.3 is 14.0 Å². The molecule has 1 amide bonds. The van der Waals surface area contributed by atoms with Crippen LogP contribution in [-0.4, -0.2) is 29.9 Å². The van der Waals surface area contributed by atoms with Gasteiger partial charge in [-0.1, -0.05) is 5.16 Å². The van der Waals surface area contributed by atoms with E-state index in [0.717, 1.165) is 0 Å². The van der Waals surface area contributed by atoms with Crippen molar-refractivity contribution in [1.29, 1.82) is 0 Å². The number of nitrogens with one attached hydrogen (secondary N) is 1. The smallest absolute Gasteiger partial charge is 0.287 e. The van der Waals surface area contributed by atoms with Crippen LogP contribution in [0.3, 0.4) is 0 Å². The first-order chi connectivity index (χ1) is 8.42. The molecule has 7 nitrogen and oxygen atoms in total. The molecule has 1 aromatic rings. The van der Waals surface area contributed by atoms with Crippen molar-refractivity contribution in [2.24, 2.45) is 5.84 Å². The maximum absolute atomic E-state index is 11.1. The zero-order valence-corrected chi connectivity index (χ0v) is 10.9. The molecule has 0 aliphatic rings. The number of hydrogen-bond acceptors (Lipinski definition) is 6. The van der Waals surface area contributed by atoms with Gasteiger partial charge in [-0.15, -0.1) is 0 Å². The van der Waals surface area contributed by atoms with Crippen LogP contribution in [-0.2, 0) is 16.1 Å². The summed E-state index contributed by atoms with van der Waals surface area (Å²) in [7, 11) is 0. The minimum Gasteiger partial charge on any atom is -0.373 e. The van der Waals surface area contributed by atoms with Gasteiger partial charge in [0.05, 0.1) is 18.8 Å². The predicted molar refractivity (Wildman–Crippen MR) is 63.5 cm³/mol. The van der Waals surface area contributed by atoms with Crippen molar-refractivity contribution >= 4 is 5.91 Å². The SMILES string of the molecule is CC(C)(C)OCCOCc1cc(C(=O)NN)no1. The van der Waals surface area contributed by atoms with Crippen LogP contribution in [0.2, 0.25) is 0 Å². The fourth-order valence-electron chi connectivity index (χ4n) is 1.14. The number of rotatable bonds is 6. The predicted octanol–water partition coefficient (Wildman–Crippen LogP) is 0.610. The summed E-state index contributed by atoms with van der Waals surface area (Å²) in [5.74, 6) is 4.93. The summed E-state index contributed by atoms with van der Waals surface area (Å²) in [5, 5.41) is 3.55. The van der Waals surface area contributed by atoms with Crippen LogP contribution < -0.4 is 11.3 Å². The number of hydrogen-bond donors (Lipinski definition) is 2. The molecule has 1 heterocycles. The molecule has 3 N–H and O–H groups in total. The summed E-state index contributed by atoms with van der Waals surface area (Å²) >= 11 is 0. The van der Waals surface area contributed by atoms with E-state index < -0.39 is 5.91 Å². The number of nitrogens with two attached hydrogens (primary N) is 1. The topological polar surface area (TPSA) is 99.6 Å². The highest BCUT2D eigenvalue weighted by Crippen LogP contribution is 2.07. The number of aromatic nitrogens is 1. The molecule has 0 aliphatic carbocycles. The average Bonchev–Trinajstić information content (AvgIpc) is 2.75. The lowest BCUT2D eigenvalue weighted by molar-refractivity contribution is -0.0398. The van der Waals surface area contributed by atoms with Crippen molar-refractivity contribution < 1.29 is 18.8 Å². The fraction of sp³-hybridized carbons (Fsp3) is 0.636. The second-order valence-electron chi connectivity index (χ2n) is 4.67. The molecule has 0 saturated carbocycles. The Hall–Kier alpha value is -1.44. The summed E-state index contributed by atoms with van der Waals surface area (Å²) in [6, 6.07) is 1.48. The number of nitrogens with zero attached hydrogens (tertiary/aromatic N) is 1. The Morgan fingerprint density at radius 2 is 2.22 bits per heavy atom. The molecule has 0 atom stereocenters. The molecule has 0 aliphatic heterocycles. The number of nitrogen functional groups attached to an aromatic ring is 1.